The summed E-state index contributed by atoms with van der Waals surface area (Å²) in [6.45, 7) is 7.61. The molecule has 0 aromatic heterocycles. The van der Waals surface area contributed by atoms with Crippen LogP contribution in [0.2, 0.25) is 0 Å². The highest BCUT2D eigenvalue weighted by Gasteiger charge is 2.21. The van der Waals surface area contributed by atoms with E-state index in [2.05, 4.69) is 39.1 Å². The number of carbonyl (C=O) groups excluding carboxylic acids is 1. The van der Waals surface area contributed by atoms with Crippen molar-refractivity contribution in [3.63, 3.8) is 0 Å². The summed E-state index contributed by atoms with van der Waals surface area (Å²) in [5, 5.41) is 6.81. The average molecular weight is 312 g/mol. The fraction of sp³-hybridized carbons (Fsp3) is 0.875. The zero-order chi connectivity index (χ0) is 16.4. The minimum atomic E-state index is -0.139. The molecule has 1 saturated heterocycles. The molecule has 22 heavy (non-hydrogen) atoms. The van der Waals surface area contributed by atoms with Gasteiger partial charge in [-0.1, -0.05) is 0 Å². The number of rotatable bonds is 7. The van der Waals surface area contributed by atoms with Gasteiger partial charge in [0.1, 0.15) is 0 Å². The first-order valence-corrected chi connectivity index (χ1v) is 8.34. The summed E-state index contributed by atoms with van der Waals surface area (Å²) in [5.41, 5.74) is 0. The van der Waals surface area contributed by atoms with Crippen LogP contribution in [0.15, 0.2) is 4.99 Å². The Morgan fingerprint density at radius 2 is 2.00 bits per heavy atom. The number of hydrogen-bond acceptors (Lipinski definition) is 4. The number of likely N-dealkylation sites (tertiary alicyclic amines) is 1. The highest BCUT2D eigenvalue weighted by molar-refractivity contribution is 5.79. The number of aliphatic imine (C=N–C) groups is 1. The van der Waals surface area contributed by atoms with Crippen molar-refractivity contribution >= 4 is 11.9 Å². The lowest BCUT2D eigenvalue weighted by Gasteiger charge is -2.35. The minimum Gasteiger partial charge on any atom is -0.469 e. The number of carbonyl (C=O) groups is 1. The van der Waals surface area contributed by atoms with Crippen LogP contribution in [0.4, 0.5) is 0 Å². The normalized spacial score (nSPS) is 17.6. The van der Waals surface area contributed by atoms with Gasteiger partial charge in [-0.25, -0.2) is 0 Å². The van der Waals surface area contributed by atoms with Crippen molar-refractivity contribution in [2.45, 2.75) is 58.0 Å². The van der Waals surface area contributed by atoms with Gasteiger partial charge < -0.3 is 20.3 Å². The van der Waals surface area contributed by atoms with E-state index in [4.69, 9.17) is 0 Å². The SMILES string of the molecule is CN=C(NCCCCC(=O)OC)NC1CCN(C(C)C)CC1. The summed E-state index contributed by atoms with van der Waals surface area (Å²) in [7, 11) is 3.23. The Hall–Kier alpha value is -1.30. The van der Waals surface area contributed by atoms with Gasteiger partial charge >= 0.3 is 5.97 Å². The van der Waals surface area contributed by atoms with Crippen LogP contribution in [0.1, 0.15) is 46.0 Å². The maximum atomic E-state index is 11.0. The molecule has 1 rings (SSSR count). The molecule has 0 unspecified atom stereocenters. The number of nitrogens with zero attached hydrogens (tertiary/aromatic N) is 2. The van der Waals surface area contributed by atoms with Crippen molar-refractivity contribution in [2.75, 3.05) is 33.8 Å². The Labute approximate surface area is 134 Å². The molecule has 0 atom stereocenters. The third-order valence-electron chi connectivity index (χ3n) is 4.15. The van der Waals surface area contributed by atoms with Crippen molar-refractivity contribution in [3.05, 3.63) is 0 Å². The van der Waals surface area contributed by atoms with E-state index in [1.54, 1.807) is 7.05 Å². The van der Waals surface area contributed by atoms with E-state index in [9.17, 15) is 4.79 Å². The van der Waals surface area contributed by atoms with Gasteiger partial charge in [0.05, 0.1) is 7.11 Å². The van der Waals surface area contributed by atoms with Crippen LogP contribution in [0.3, 0.4) is 0 Å². The molecule has 6 nitrogen and oxygen atoms in total. The molecule has 0 aromatic rings. The predicted molar refractivity (Wildman–Crippen MR) is 90.1 cm³/mol. The third kappa shape index (κ3) is 7.11. The van der Waals surface area contributed by atoms with E-state index < -0.39 is 0 Å². The van der Waals surface area contributed by atoms with Crippen molar-refractivity contribution in [2.24, 2.45) is 4.99 Å². The Morgan fingerprint density at radius 1 is 1.32 bits per heavy atom. The number of ether oxygens (including phenoxy) is 1. The maximum Gasteiger partial charge on any atom is 0.305 e. The van der Waals surface area contributed by atoms with Gasteiger partial charge in [-0.3, -0.25) is 9.79 Å². The summed E-state index contributed by atoms with van der Waals surface area (Å²) >= 11 is 0. The Kier molecular flexibility index (Phi) is 8.89. The molecule has 0 saturated carbocycles. The molecule has 0 bridgehead atoms. The van der Waals surface area contributed by atoms with E-state index in [1.807, 2.05) is 0 Å². The van der Waals surface area contributed by atoms with Crippen LogP contribution in [0.5, 0.6) is 0 Å². The van der Waals surface area contributed by atoms with Crippen LogP contribution in [0.25, 0.3) is 0 Å². The Bertz CT molecular complexity index is 350. The highest BCUT2D eigenvalue weighted by atomic mass is 16.5. The second-order valence-electron chi connectivity index (χ2n) is 6.08. The largest absolute Gasteiger partial charge is 0.469 e. The zero-order valence-electron chi connectivity index (χ0n) is 14.5. The molecule has 0 radical (unpaired) electrons. The second-order valence-corrected chi connectivity index (χ2v) is 6.08. The van der Waals surface area contributed by atoms with Gasteiger partial charge in [0.2, 0.25) is 0 Å². The molecule has 2 N–H and O–H groups in total. The van der Waals surface area contributed by atoms with Gasteiger partial charge in [0, 0.05) is 45.2 Å². The summed E-state index contributed by atoms with van der Waals surface area (Å²) in [5.74, 6) is 0.723. The van der Waals surface area contributed by atoms with E-state index in [0.717, 1.165) is 51.3 Å². The number of hydrogen-bond donors (Lipinski definition) is 2. The van der Waals surface area contributed by atoms with E-state index in [-0.39, 0.29) is 5.97 Å². The van der Waals surface area contributed by atoms with Crippen LogP contribution in [-0.4, -0.2) is 62.7 Å². The monoisotopic (exact) mass is 312 g/mol. The first-order valence-electron chi connectivity index (χ1n) is 8.34. The molecule has 1 aliphatic rings. The van der Waals surface area contributed by atoms with Crippen molar-refractivity contribution in [1.29, 1.82) is 0 Å². The molecule has 1 aliphatic heterocycles. The van der Waals surface area contributed by atoms with E-state index in [0.29, 0.717) is 18.5 Å². The summed E-state index contributed by atoms with van der Waals surface area (Å²) in [6.07, 6.45) is 4.56. The number of nitrogens with one attached hydrogen (secondary N) is 2. The average Bonchev–Trinajstić information content (AvgIpc) is 2.53. The van der Waals surface area contributed by atoms with Gasteiger partial charge in [-0.15, -0.1) is 0 Å². The van der Waals surface area contributed by atoms with Crippen LogP contribution < -0.4 is 10.6 Å². The number of esters is 1. The lowest BCUT2D eigenvalue weighted by molar-refractivity contribution is -0.140. The quantitative estimate of drug-likeness (QED) is 0.322. The summed E-state index contributed by atoms with van der Waals surface area (Å²) in [4.78, 5) is 17.8. The Balaban J connectivity index is 2.17. The number of unbranched alkanes of at least 4 members (excludes halogenated alkanes) is 1. The van der Waals surface area contributed by atoms with Gasteiger partial charge in [-0.2, -0.15) is 0 Å². The molecular weight excluding hydrogens is 280 g/mol. The topological polar surface area (TPSA) is 66.0 Å². The molecule has 1 fully saturated rings. The molecule has 0 spiro atoms. The van der Waals surface area contributed by atoms with E-state index >= 15 is 0 Å². The van der Waals surface area contributed by atoms with Gasteiger partial charge in [0.25, 0.3) is 0 Å². The number of piperidine rings is 1. The standard InChI is InChI=1S/C16H32N4O2/c1-13(2)20-11-8-14(9-12-20)19-16(17-3)18-10-6-5-7-15(21)22-4/h13-14H,5-12H2,1-4H3,(H2,17,18,19). The predicted octanol–water partition coefficient (Wildman–Crippen LogP) is 1.37. The molecule has 0 aliphatic carbocycles. The van der Waals surface area contributed by atoms with Gasteiger partial charge in [0.15, 0.2) is 5.96 Å². The van der Waals surface area contributed by atoms with E-state index in [1.165, 1.54) is 7.11 Å². The molecule has 6 heteroatoms. The fourth-order valence-corrected chi connectivity index (χ4v) is 2.65. The first-order chi connectivity index (χ1) is 10.6. The van der Waals surface area contributed by atoms with Crippen LogP contribution >= 0.6 is 0 Å². The smallest absolute Gasteiger partial charge is 0.305 e. The molecule has 0 amide bonds. The minimum absolute atomic E-state index is 0.139. The van der Waals surface area contributed by atoms with Crippen LogP contribution in [0, 0.1) is 0 Å². The van der Waals surface area contributed by atoms with Crippen molar-refractivity contribution in [1.82, 2.24) is 15.5 Å². The lowest BCUT2D eigenvalue weighted by Crippen LogP contribution is -2.49. The zero-order valence-corrected chi connectivity index (χ0v) is 14.5. The fourth-order valence-electron chi connectivity index (χ4n) is 2.65. The van der Waals surface area contributed by atoms with Gasteiger partial charge in [-0.05, 0) is 39.5 Å². The third-order valence-corrected chi connectivity index (χ3v) is 4.15. The second kappa shape index (κ2) is 10.4. The Morgan fingerprint density at radius 3 is 2.55 bits per heavy atom. The lowest BCUT2D eigenvalue weighted by atomic mass is 10.0. The summed E-state index contributed by atoms with van der Waals surface area (Å²) in [6, 6.07) is 1.13. The molecule has 1 heterocycles. The van der Waals surface area contributed by atoms with Crippen LogP contribution in [-0.2, 0) is 9.53 Å². The van der Waals surface area contributed by atoms with Crippen molar-refractivity contribution < 1.29 is 9.53 Å². The summed E-state index contributed by atoms with van der Waals surface area (Å²) < 4.78 is 4.63. The van der Waals surface area contributed by atoms with Crippen molar-refractivity contribution in [3.8, 4) is 0 Å². The first kappa shape index (κ1) is 18.7. The number of guanidine groups is 1. The molecular formula is C16H32N4O2. The molecule has 0 aromatic carbocycles. The maximum absolute atomic E-state index is 11.0. The highest BCUT2D eigenvalue weighted by Crippen LogP contribution is 2.12. The number of methoxy groups -OCH3 is 1. The molecule has 128 valence electrons.